The van der Waals surface area contributed by atoms with Gasteiger partial charge in [0.1, 0.15) is 5.54 Å². The lowest BCUT2D eigenvalue weighted by molar-refractivity contribution is -0.154. The first-order chi connectivity index (χ1) is 15.4. The van der Waals surface area contributed by atoms with Gasteiger partial charge in [0.25, 0.3) is 0 Å². The first-order valence-corrected chi connectivity index (χ1v) is 11.0. The molecule has 2 fully saturated rings. The Morgan fingerprint density at radius 3 is 2.31 bits per heavy atom. The molecule has 6 nitrogen and oxygen atoms in total. The number of carboxylic acid groups (broad SMARTS) is 1. The van der Waals surface area contributed by atoms with Crippen LogP contribution in [0.15, 0.2) is 66.7 Å². The molecule has 32 heavy (non-hydrogen) atoms. The van der Waals surface area contributed by atoms with Crippen molar-refractivity contribution in [1.82, 2.24) is 10.2 Å². The molecule has 0 bridgehead atoms. The summed E-state index contributed by atoms with van der Waals surface area (Å²) in [6.07, 6.45) is 4.27. The van der Waals surface area contributed by atoms with Crippen molar-refractivity contribution in [3.63, 3.8) is 0 Å². The molecule has 166 valence electrons. The van der Waals surface area contributed by atoms with Gasteiger partial charge in [0.15, 0.2) is 0 Å². The molecule has 2 aromatic carbocycles. The molecule has 2 aliphatic heterocycles. The van der Waals surface area contributed by atoms with E-state index in [2.05, 4.69) is 5.32 Å². The molecule has 6 heteroatoms. The minimum absolute atomic E-state index is 0.150. The number of hydrogen-bond acceptors (Lipinski definition) is 4. The van der Waals surface area contributed by atoms with Gasteiger partial charge < -0.3 is 5.11 Å². The van der Waals surface area contributed by atoms with Crippen LogP contribution in [0.25, 0.3) is 6.08 Å². The van der Waals surface area contributed by atoms with Gasteiger partial charge in [-0.1, -0.05) is 93.1 Å². The van der Waals surface area contributed by atoms with Crippen LogP contribution < -0.4 is 5.32 Å². The molecule has 2 aromatic rings. The first-order valence-electron chi connectivity index (χ1n) is 11.0. The number of carbonyl (C=O) groups is 3. The summed E-state index contributed by atoms with van der Waals surface area (Å²) in [6.45, 7) is 3.89. The van der Waals surface area contributed by atoms with E-state index in [0.717, 1.165) is 11.1 Å². The molecular weight excluding hydrogens is 404 g/mol. The van der Waals surface area contributed by atoms with Gasteiger partial charge in [0.2, 0.25) is 11.8 Å². The van der Waals surface area contributed by atoms with Crippen LogP contribution in [-0.2, 0) is 20.9 Å². The minimum atomic E-state index is -1.50. The zero-order valence-corrected chi connectivity index (χ0v) is 18.3. The normalized spacial score (nSPS) is 28.3. The molecule has 2 saturated heterocycles. The van der Waals surface area contributed by atoms with Gasteiger partial charge in [-0.3, -0.25) is 24.6 Å². The number of fused-ring (bicyclic) bond motifs is 1. The zero-order chi connectivity index (χ0) is 22.9. The number of nitrogens with zero attached hydrogens (tertiary/aromatic N) is 1. The quantitative estimate of drug-likeness (QED) is 0.656. The van der Waals surface area contributed by atoms with Crippen molar-refractivity contribution in [2.45, 2.75) is 38.4 Å². The van der Waals surface area contributed by atoms with E-state index in [1.807, 2.05) is 86.7 Å². The molecule has 0 saturated carbocycles. The van der Waals surface area contributed by atoms with Gasteiger partial charge >= 0.3 is 5.97 Å². The maximum atomic E-state index is 13.5. The maximum Gasteiger partial charge on any atom is 0.325 e. The monoisotopic (exact) mass is 432 g/mol. The smallest absolute Gasteiger partial charge is 0.325 e. The number of rotatable bonds is 7. The molecule has 2 amide bonds. The fourth-order valence-corrected chi connectivity index (χ4v) is 5.09. The van der Waals surface area contributed by atoms with Crippen molar-refractivity contribution in [3.8, 4) is 0 Å². The Bertz CT molecular complexity index is 1040. The number of hydrogen-bond donors (Lipinski definition) is 2. The van der Waals surface area contributed by atoms with Crippen LogP contribution in [-0.4, -0.2) is 39.4 Å². The molecule has 5 atom stereocenters. The van der Waals surface area contributed by atoms with Gasteiger partial charge in [-0.05, 0) is 17.0 Å². The van der Waals surface area contributed by atoms with E-state index in [-0.39, 0.29) is 18.4 Å². The number of aliphatic carboxylic acids is 1. The first kappa shape index (κ1) is 22.0. The highest BCUT2D eigenvalue weighted by atomic mass is 16.4. The summed E-state index contributed by atoms with van der Waals surface area (Å²) >= 11 is 0. The van der Waals surface area contributed by atoms with Crippen LogP contribution in [0.2, 0.25) is 0 Å². The van der Waals surface area contributed by atoms with Crippen LogP contribution in [0.5, 0.6) is 0 Å². The van der Waals surface area contributed by atoms with E-state index in [1.165, 1.54) is 4.90 Å². The average Bonchev–Trinajstić information content (AvgIpc) is 3.28. The van der Waals surface area contributed by atoms with E-state index in [1.54, 1.807) is 0 Å². The third-order valence-corrected chi connectivity index (χ3v) is 6.95. The molecule has 0 aliphatic carbocycles. The number of amides is 2. The fraction of sp³-hybridized carbons (Fsp3) is 0.346. The predicted octanol–water partition coefficient (Wildman–Crippen LogP) is 3.34. The second kappa shape index (κ2) is 8.71. The van der Waals surface area contributed by atoms with Crippen molar-refractivity contribution in [2.24, 2.45) is 17.8 Å². The number of benzene rings is 2. The molecule has 0 spiro atoms. The number of likely N-dealkylation sites (tertiary alicyclic amines) is 1. The third-order valence-electron chi connectivity index (χ3n) is 6.95. The number of carboxylic acids is 1. The van der Waals surface area contributed by atoms with Crippen LogP contribution >= 0.6 is 0 Å². The summed E-state index contributed by atoms with van der Waals surface area (Å²) < 4.78 is 0. The molecular formula is C26H28N2O4. The summed E-state index contributed by atoms with van der Waals surface area (Å²) in [5, 5.41) is 13.5. The van der Waals surface area contributed by atoms with Crippen molar-refractivity contribution < 1.29 is 19.5 Å². The maximum absolute atomic E-state index is 13.5. The summed E-state index contributed by atoms with van der Waals surface area (Å²) in [7, 11) is 0. The van der Waals surface area contributed by atoms with Gasteiger partial charge in [-0.15, -0.1) is 0 Å². The highest BCUT2D eigenvalue weighted by molar-refractivity contribution is 6.09. The Morgan fingerprint density at radius 2 is 1.72 bits per heavy atom. The number of nitrogens with one attached hydrogen (secondary N) is 1. The van der Waals surface area contributed by atoms with E-state index in [9.17, 15) is 19.5 Å². The highest BCUT2D eigenvalue weighted by Crippen LogP contribution is 2.48. The Kier molecular flexibility index (Phi) is 5.98. The number of carbonyl (C=O) groups excluding carboxylic acids is 2. The average molecular weight is 433 g/mol. The molecule has 2 N–H and O–H groups in total. The SMILES string of the molecule is CCC(C)C1(C(=O)O)NC(C=Cc2ccccc2)C2C(=O)N(Cc3ccccc3)C(=O)C21. The van der Waals surface area contributed by atoms with E-state index < -0.39 is 35.3 Å². The lowest BCUT2D eigenvalue weighted by Gasteiger charge is -2.35. The fourth-order valence-electron chi connectivity index (χ4n) is 5.09. The molecule has 2 heterocycles. The lowest BCUT2D eigenvalue weighted by Crippen LogP contribution is -2.60. The van der Waals surface area contributed by atoms with E-state index in [4.69, 9.17) is 0 Å². The summed E-state index contributed by atoms with van der Waals surface area (Å²) in [6, 6.07) is 18.4. The van der Waals surface area contributed by atoms with Gasteiger partial charge in [-0.25, -0.2) is 0 Å². The molecule has 5 unspecified atom stereocenters. The second-order valence-corrected chi connectivity index (χ2v) is 8.68. The Balaban J connectivity index is 1.74. The standard InChI is InChI=1S/C26H28N2O4/c1-3-17(2)26(25(31)32)22-21(20(27-26)15-14-18-10-6-4-7-11-18)23(29)28(24(22)30)16-19-12-8-5-9-13-19/h4-15,17,20-22,27H,3,16H2,1-2H3,(H,31,32). The predicted molar refractivity (Wildman–Crippen MR) is 121 cm³/mol. The van der Waals surface area contributed by atoms with Crippen molar-refractivity contribution in [2.75, 3.05) is 0 Å². The largest absolute Gasteiger partial charge is 0.480 e. The van der Waals surface area contributed by atoms with Gasteiger partial charge in [-0.2, -0.15) is 0 Å². The Morgan fingerprint density at radius 1 is 1.09 bits per heavy atom. The van der Waals surface area contributed by atoms with Crippen LogP contribution in [0.4, 0.5) is 0 Å². The van der Waals surface area contributed by atoms with Crippen LogP contribution in [0, 0.1) is 17.8 Å². The minimum Gasteiger partial charge on any atom is -0.480 e. The number of imide groups is 1. The van der Waals surface area contributed by atoms with Crippen molar-refractivity contribution in [3.05, 3.63) is 77.9 Å². The molecule has 4 rings (SSSR count). The van der Waals surface area contributed by atoms with Gasteiger partial charge in [0.05, 0.1) is 18.4 Å². The van der Waals surface area contributed by atoms with Gasteiger partial charge in [0, 0.05) is 6.04 Å². The Labute approximate surface area is 187 Å². The molecule has 0 aromatic heterocycles. The summed E-state index contributed by atoms with van der Waals surface area (Å²) in [4.78, 5) is 40.9. The summed E-state index contributed by atoms with van der Waals surface area (Å²) in [5.41, 5.74) is 0.284. The second-order valence-electron chi connectivity index (χ2n) is 8.68. The highest BCUT2D eigenvalue weighted by Gasteiger charge is 2.69. The summed E-state index contributed by atoms with van der Waals surface area (Å²) in [5.74, 6) is -3.84. The zero-order valence-electron chi connectivity index (χ0n) is 18.3. The van der Waals surface area contributed by atoms with Crippen LogP contribution in [0.1, 0.15) is 31.4 Å². The Hall–Kier alpha value is -3.25. The topological polar surface area (TPSA) is 86.7 Å². The molecule has 2 aliphatic rings. The third kappa shape index (κ3) is 3.54. The van der Waals surface area contributed by atoms with Crippen LogP contribution in [0.3, 0.4) is 0 Å². The van der Waals surface area contributed by atoms with Crippen molar-refractivity contribution >= 4 is 23.9 Å². The lowest BCUT2D eigenvalue weighted by atomic mass is 9.72. The molecule has 0 radical (unpaired) electrons. The van der Waals surface area contributed by atoms with Crippen molar-refractivity contribution in [1.29, 1.82) is 0 Å². The van der Waals surface area contributed by atoms with E-state index in [0.29, 0.717) is 6.42 Å². The van der Waals surface area contributed by atoms with E-state index >= 15 is 0 Å².